The van der Waals surface area contributed by atoms with Crippen molar-refractivity contribution < 1.29 is 9.90 Å². The average molecular weight is 268 g/mol. The van der Waals surface area contributed by atoms with E-state index in [4.69, 9.17) is 5.11 Å². The van der Waals surface area contributed by atoms with Crippen molar-refractivity contribution in [3.8, 4) is 0 Å². The Morgan fingerprint density at radius 1 is 1.61 bits per heavy atom. The smallest absolute Gasteiger partial charge is 0.305 e. The highest BCUT2D eigenvalue weighted by molar-refractivity contribution is 7.11. The molecule has 1 saturated heterocycles. The van der Waals surface area contributed by atoms with Crippen LogP contribution in [0.2, 0.25) is 0 Å². The van der Waals surface area contributed by atoms with Gasteiger partial charge in [-0.25, -0.2) is 0 Å². The molecule has 0 bridgehead atoms. The van der Waals surface area contributed by atoms with E-state index in [0.717, 1.165) is 19.5 Å². The lowest BCUT2D eigenvalue weighted by Crippen LogP contribution is -2.70. The van der Waals surface area contributed by atoms with Gasteiger partial charge in [0, 0.05) is 28.9 Å². The highest BCUT2D eigenvalue weighted by Crippen LogP contribution is 2.20. The molecule has 0 amide bonds. The normalized spacial score (nSPS) is 19.2. The number of rotatable bonds is 6. The summed E-state index contributed by atoms with van der Waals surface area (Å²) in [5, 5.41) is 15.6. The van der Waals surface area contributed by atoms with Crippen molar-refractivity contribution in [3.63, 3.8) is 0 Å². The third-order valence-electron chi connectivity index (χ3n) is 3.27. The number of carbonyl (C=O) groups is 1. The van der Waals surface area contributed by atoms with Gasteiger partial charge in [-0.1, -0.05) is 0 Å². The molecule has 1 atom stereocenters. The molecule has 18 heavy (non-hydrogen) atoms. The fraction of sp³-hybridized carbons (Fsp3) is 0.615. The van der Waals surface area contributed by atoms with E-state index >= 15 is 0 Å². The van der Waals surface area contributed by atoms with Crippen LogP contribution in [0.3, 0.4) is 0 Å². The lowest BCUT2D eigenvalue weighted by Gasteiger charge is -2.44. The van der Waals surface area contributed by atoms with E-state index in [1.165, 1.54) is 9.75 Å². The van der Waals surface area contributed by atoms with E-state index in [9.17, 15) is 4.79 Å². The second-order valence-corrected chi connectivity index (χ2v) is 6.59. The van der Waals surface area contributed by atoms with Crippen molar-refractivity contribution in [1.82, 2.24) is 10.6 Å². The summed E-state index contributed by atoms with van der Waals surface area (Å²) in [4.78, 5) is 13.6. The van der Waals surface area contributed by atoms with Crippen LogP contribution < -0.4 is 10.6 Å². The average Bonchev–Trinajstić information content (AvgIpc) is 2.59. The number of carboxylic acid groups (broad SMARTS) is 1. The summed E-state index contributed by atoms with van der Waals surface area (Å²) in [6.45, 7) is 5.71. The first-order valence-corrected chi connectivity index (χ1v) is 7.06. The summed E-state index contributed by atoms with van der Waals surface area (Å²) in [6.07, 6.45) is 1.15. The van der Waals surface area contributed by atoms with Gasteiger partial charge in [0.25, 0.3) is 0 Å². The number of aryl methyl sites for hydroxylation is 1. The molecular weight excluding hydrogens is 248 g/mol. The van der Waals surface area contributed by atoms with E-state index in [2.05, 4.69) is 36.6 Å². The van der Waals surface area contributed by atoms with Gasteiger partial charge in [0.2, 0.25) is 0 Å². The fourth-order valence-electron chi connectivity index (χ4n) is 2.46. The van der Waals surface area contributed by atoms with E-state index in [1.54, 1.807) is 0 Å². The van der Waals surface area contributed by atoms with Gasteiger partial charge in [-0.3, -0.25) is 4.79 Å². The van der Waals surface area contributed by atoms with E-state index in [1.807, 2.05) is 11.3 Å². The summed E-state index contributed by atoms with van der Waals surface area (Å²) in [5.41, 5.74) is -0.252. The molecule has 1 fully saturated rings. The number of aliphatic carboxylic acids is 1. The summed E-state index contributed by atoms with van der Waals surface area (Å²) in [7, 11) is 0. The molecule has 5 heteroatoms. The lowest BCUT2D eigenvalue weighted by molar-refractivity contribution is -0.139. The second-order valence-electron chi connectivity index (χ2n) is 5.22. The minimum absolute atomic E-state index is 0.188. The zero-order chi connectivity index (χ0) is 13.2. The molecule has 0 aromatic carbocycles. The van der Waals surface area contributed by atoms with E-state index in [0.29, 0.717) is 6.04 Å². The molecule has 0 aliphatic carbocycles. The number of carboxylic acids is 1. The molecule has 3 N–H and O–H groups in total. The largest absolute Gasteiger partial charge is 0.481 e. The van der Waals surface area contributed by atoms with Crippen LogP contribution >= 0.6 is 11.3 Å². The zero-order valence-electron chi connectivity index (χ0n) is 10.8. The minimum atomic E-state index is -0.733. The Hall–Kier alpha value is -0.910. The number of hydrogen-bond donors (Lipinski definition) is 3. The van der Waals surface area contributed by atoms with Crippen LogP contribution in [0.5, 0.6) is 0 Å². The van der Waals surface area contributed by atoms with Crippen molar-refractivity contribution in [3.05, 3.63) is 21.9 Å². The van der Waals surface area contributed by atoms with Crippen molar-refractivity contribution in [1.29, 1.82) is 0 Å². The highest BCUT2D eigenvalue weighted by Gasteiger charge is 2.39. The van der Waals surface area contributed by atoms with Gasteiger partial charge in [0.15, 0.2) is 0 Å². The summed E-state index contributed by atoms with van der Waals surface area (Å²) >= 11 is 1.81. The molecule has 1 unspecified atom stereocenters. The van der Waals surface area contributed by atoms with Gasteiger partial charge in [0.1, 0.15) is 0 Å². The Balaban J connectivity index is 1.89. The van der Waals surface area contributed by atoms with Crippen LogP contribution in [0.15, 0.2) is 12.1 Å². The Kier molecular flexibility index (Phi) is 4.04. The van der Waals surface area contributed by atoms with Crippen LogP contribution in [0.25, 0.3) is 0 Å². The predicted molar refractivity (Wildman–Crippen MR) is 73.2 cm³/mol. The van der Waals surface area contributed by atoms with Crippen LogP contribution in [0.4, 0.5) is 0 Å². The Morgan fingerprint density at radius 3 is 2.78 bits per heavy atom. The van der Waals surface area contributed by atoms with Gasteiger partial charge >= 0.3 is 5.97 Å². The zero-order valence-corrected chi connectivity index (χ0v) is 11.6. The highest BCUT2D eigenvalue weighted by atomic mass is 32.1. The molecule has 1 aromatic rings. The van der Waals surface area contributed by atoms with Crippen LogP contribution in [0.1, 0.15) is 23.1 Å². The van der Waals surface area contributed by atoms with Crippen LogP contribution in [0, 0.1) is 6.92 Å². The molecule has 0 spiro atoms. The quantitative estimate of drug-likeness (QED) is 0.730. The summed E-state index contributed by atoms with van der Waals surface area (Å²) < 4.78 is 0. The van der Waals surface area contributed by atoms with E-state index < -0.39 is 5.97 Å². The molecule has 100 valence electrons. The first-order chi connectivity index (χ1) is 8.49. The molecule has 1 aliphatic rings. The van der Waals surface area contributed by atoms with Crippen LogP contribution in [-0.4, -0.2) is 35.7 Å². The standard InChI is InChI=1S/C13H20N2O2S/c1-9(5-11-4-3-10(2)18-11)15-13(6-12(16)17)7-14-8-13/h3-4,9,14-15H,5-8H2,1-2H3,(H,16,17). The molecule has 2 rings (SSSR count). The molecule has 2 heterocycles. The number of hydrogen-bond acceptors (Lipinski definition) is 4. The number of nitrogens with one attached hydrogen (secondary N) is 2. The van der Waals surface area contributed by atoms with Crippen molar-refractivity contribution in [2.45, 2.75) is 38.3 Å². The topological polar surface area (TPSA) is 61.4 Å². The maximum atomic E-state index is 10.9. The van der Waals surface area contributed by atoms with Crippen molar-refractivity contribution >= 4 is 17.3 Å². The summed E-state index contributed by atoms with van der Waals surface area (Å²) in [6, 6.07) is 4.58. The van der Waals surface area contributed by atoms with Gasteiger partial charge in [-0.2, -0.15) is 0 Å². The van der Waals surface area contributed by atoms with Crippen molar-refractivity contribution in [2.75, 3.05) is 13.1 Å². The molecule has 4 nitrogen and oxygen atoms in total. The predicted octanol–water partition coefficient (Wildman–Crippen LogP) is 1.39. The maximum Gasteiger partial charge on any atom is 0.305 e. The lowest BCUT2D eigenvalue weighted by atomic mass is 9.87. The minimum Gasteiger partial charge on any atom is -0.481 e. The monoisotopic (exact) mass is 268 g/mol. The first-order valence-electron chi connectivity index (χ1n) is 6.25. The molecule has 1 aromatic heterocycles. The number of thiophene rings is 1. The molecular formula is C13H20N2O2S. The Morgan fingerprint density at radius 2 is 2.33 bits per heavy atom. The third-order valence-corrected chi connectivity index (χ3v) is 4.30. The second kappa shape index (κ2) is 5.38. The Labute approximate surface area is 111 Å². The van der Waals surface area contributed by atoms with Crippen molar-refractivity contribution in [2.24, 2.45) is 0 Å². The molecule has 1 aliphatic heterocycles. The van der Waals surface area contributed by atoms with Gasteiger partial charge in [-0.05, 0) is 32.4 Å². The Bertz CT molecular complexity index is 426. The third kappa shape index (κ3) is 3.31. The molecule has 0 radical (unpaired) electrons. The van der Waals surface area contributed by atoms with Crippen LogP contribution in [-0.2, 0) is 11.2 Å². The maximum absolute atomic E-state index is 10.9. The SMILES string of the molecule is Cc1ccc(CC(C)NC2(CC(=O)O)CNC2)s1. The fourth-order valence-corrected chi connectivity index (χ4v) is 3.48. The van der Waals surface area contributed by atoms with Gasteiger partial charge in [0.05, 0.1) is 12.0 Å². The van der Waals surface area contributed by atoms with E-state index in [-0.39, 0.29) is 12.0 Å². The van der Waals surface area contributed by atoms with Gasteiger partial charge < -0.3 is 15.7 Å². The first kappa shape index (κ1) is 13.5. The molecule has 0 saturated carbocycles. The summed E-state index contributed by atoms with van der Waals surface area (Å²) in [5.74, 6) is -0.733. The van der Waals surface area contributed by atoms with Gasteiger partial charge in [-0.15, -0.1) is 11.3 Å².